The van der Waals surface area contributed by atoms with Gasteiger partial charge in [-0.15, -0.1) is 0 Å². The monoisotopic (exact) mass is 579 g/mol. The van der Waals surface area contributed by atoms with E-state index < -0.39 is 52.8 Å². The second-order valence-corrected chi connectivity index (χ2v) is 10.9. The fraction of sp³-hybridized carbons (Fsp3) is 0.219. The van der Waals surface area contributed by atoms with Crippen LogP contribution < -0.4 is 4.74 Å². The maximum atomic E-state index is 13.7. The molecule has 43 heavy (non-hydrogen) atoms. The average Bonchev–Trinajstić information content (AvgIpc) is 3.70. The van der Waals surface area contributed by atoms with Crippen molar-refractivity contribution in [2.24, 2.45) is 23.7 Å². The second-order valence-electron chi connectivity index (χ2n) is 10.9. The number of benzene rings is 3. The summed E-state index contributed by atoms with van der Waals surface area (Å²) in [7, 11) is 0. The van der Waals surface area contributed by atoms with Gasteiger partial charge in [-0.05, 0) is 73.7 Å². The summed E-state index contributed by atoms with van der Waals surface area (Å²) in [5, 5.41) is 12.7. The number of non-ortho nitro benzene ring substituents is 1. The summed E-state index contributed by atoms with van der Waals surface area (Å²) >= 11 is 0. The van der Waals surface area contributed by atoms with Crippen molar-refractivity contribution in [3.63, 3.8) is 0 Å². The molecule has 3 aromatic carbocycles. The van der Waals surface area contributed by atoms with E-state index in [2.05, 4.69) is 0 Å². The summed E-state index contributed by atoms with van der Waals surface area (Å²) in [6, 6.07) is 17.3. The zero-order chi connectivity index (χ0) is 30.4. The third kappa shape index (κ3) is 4.99. The van der Waals surface area contributed by atoms with Crippen LogP contribution in [-0.2, 0) is 9.59 Å². The van der Waals surface area contributed by atoms with Crippen molar-refractivity contribution in [2.75, 3.05) is 6.54 Å². The number of hydrogen-bond acceptors (Lipinski definition) is 8. The van der Waals surface area contributed by atoms with E-state index in [1.807, 2.05) is 19.1 Å². The maximum absolute atomic E-state index is 13.7. The second kappa shape index (κ2) is 10.8. The number of Topliss-reactive ketones (excluding diaryl/α,β-unsaturated/α-hetero) is 1. The lowest BCUT2D eigenvalue weighted by Gasteiger charge is -2.30. The highest BCUT2D eigenvalue weighted by Gasteiger charge is 2.61. The van der Waals surface area contributed by atoms with Gasteiger partial charge >= 0.3 is 5.97 Å². The highest BCUT2D eigenvalue weighted by atomic mass is 16.6. The average molecular weight is 580 g/mol. The molecular weight excluding hydrogens is 554 g/mol. The number of nitro groups is 1. The molecule has 3 aliphatic rings. The Bertz CT molecular complexity index is 1670. The molecule has 0 unspecified atom stereocenters. The van der Waals surface area contributed by atoms with Gasteiger partial charge in [0.2, 0.25) is 0 Å². The first-order chi connectivity index (χ1) is 20.6. The molecule has 3 amide bonds. The number of hydrazine groups is 1. The highest BCUT2D eigenvalue weighted by Crippen LogP contribution is 2.52. The number of carbonyl (C=O) groups excluding carboxylic acids is 5. The molecule has 3 aromatic rings. The molecule has 2 bridgehead atoms. The number of ether oxygens (including phenoxy) is 1. The molecule has 2 aliphatic carbocycles. The van der Waals surface area contributed by atoms with Gasteiger partial charge in [0.15, 0.2) is 5.78 Å². The first-order valence-electron chi connectivity index (χ1n) is 13.7. The molecule has 11 nitrogen and oxygen atoms in total. The zero-order valence-corrected chi connectivity index (χ0v) is 22.9. The lowest BCUT2D eigenvalue weighted by atomic mass is 9.85. The number of hydrogen-bond donors (Lipinski definition) is 0. The van der Waals surface area contributed by atoms with E-state index >= 15 is 0 Å². The zero-order valence-electron chi connectivity index (χ0n) is 22.9. The Balaban J connectivity index is 1.24. The Morgan fingerprint density at radius 2 is 1.37 bits per heavy atom. The summed E-state index contributed by atoms with van der Waals surface area (Å²) in [4.78, 5) is 77.1. The molecule has 6 rings (SSSR count). The molecule has 1 saturated heterocycles. The van der Waals surface area contributed by atoms with Gasteiger partial charge in [-0.25, -0.2) is 9.80 Å². The van der Waals surface area contributed by atoms with Crippen LogP contribution in [-0.4, -0.2) is 51.0 Å². The Morgan fingerprint density at radius 3 is 1.93 bits per heavy atom. The Hall–Kier alpha value is -5.45. The first-order valence-corrected chi connectivity index (χ1v) is 13.7. The fourth-order valence-electron chi connectivity index (χ4n) is 6.02. The van der Waals surface area contributed by atoms with Gasteiger partial charge in [0.05, 0.1) is 22.3 Å². The number of nitro benzene ring substituents is 1. The molecule has 4 atom stereocenters. The summed E-state index contributed by atoms with van der Waals surface area (Å²) in [6.45, 7) is 1.26. The lowest BCUT2D eigenvalue weighted by Crippen LogP contribution is -2.52. The van der Waals surface area contributed by atoms with Crippen molar-refractivity contribution >= 4 is 35.2 Å². The minimum Gasteiger partial charge on any atom is -0.423 e. The summed E-state index contributed by atoms with van der Waals surface area (Å²) < 4.78 is 5.39. The number of ketones is 1. The topological polar surface area (TPSA) is 144 Å². The number of allylic oxidation sites excluding steroid dienone is 2. The van der Waals surface area contributed by atoms with Gasteiger partial charge in [0.1, 0.15) is 12.3 Å². The molecule has 11 heteroatoms. The number of nitrogens with zero attached hydrogens (tertiary/aromatic N) is 3. The molecule has 0 radical (unpaired) electrons. The Morgan fingerprint density at radius 1 is 0.837 bits per heavy atom. The number of carbonyl (C=O) groups is 5. The van der Waals surface area contributed by atoms with Crippen molar-refractivity contribution in [1.82, 2.24) is 10.0 Å². The van der Waals surface area contributed by atoms with Gasteiger partial charge in [0.25, 0.3) is 23.4 Å². The van der Waals surface area contributed by atoms with Gasteiger partial charge < -0.3 is 4.74 Å². The van der Waals surface area contributed by atoms with Crippen LogP contribution in [0.1, 0.15) is 43.1 Å². The Kier molecular flexibility index (Phi) is 6.93. The van der Waals surface area contributed by atoms with E-state index in [9.17, 15) is 34.1 Å². The van der Waals surface area contributed by atoms with E-state index in [0.717, 1.165) is 27.7 Å². The van der Waals surface area contributed by atoms with Crippen LogP contribution in [0.3, 0.4) is 0 Å². The summed E-state index contributed by atoms with van der Waals surface area (Å²) in [6.07, 6.45) is 4.53. The van der Waals surface area contributed by atoms with Gasteiger partial charge in [-0.2, -0.15) is 5.01 Å². The molecule has 1 heterocycles. The number of imide groups is 1. The largest absolute Gasteiger partial charge is 0.423 e. The third-order valence-corrected chi connectivity index (χ3v) is 8.22. The molecule has 1 aliphatic heterocycles. The van der Waals surface area contributed by atoms with E-state index in [1.54, 1.807) is 24.3 Å². The van der Waals surface area contributed by atoms with Crippen LogP contribution in [0.25, 0.3) is 0 Å². The lowest BCUT2D eigenvalue weighted by molar-refractivity contribution is -0.384. The normalized spacial score (nSPS) is 21.6. The van der Waals surface area contributed by atoms with Crippen LogP contribution in [0.4, 0.5) is 5.69 Å². The van der Waals surface area contributed by atoms with E-state index in [4.69, 9.17) is 4.74 Å². The quantitative estimate of drug-likeness (QED) is 0.0736. The SMILES string of the molecule is Cc1ccc(C(=O)Oc2ccc(C(=O)CN(C(=O)c3ccc([N+](=O)[O-])cc3)N3C(=O)[C@H]4[C@H](C3=O)[C@H]3C=C[C@H]4C3)cc2)cc1. The standard InChI is InChI=1S/C32H25N3O8/c1-18-2-4-21(5-3-18)32(40)43-25-14-10-19(11-15-25)26(36)17-33(29(37)20-8-12-24(13-9-20)35(41)42)34-30(38)27-22-6-7-23(16-22)28(27)31(34)39/h2-15,22-23,27-28H,16-17H2,1H3/t22-,23-,27+,28+/m0/s1. The van der Waals surface area contributed by atoms with Gasteiger partial charge in [0, 0.05) is 23.3 Å². The molecule has 216 valence electrons. The van der Waals surface area contributed by atoms with E-state index in [0.29, 0.717) is 12.0 Å². The third-order valence-electron chi connectivity index (χ3n) is 8.22. The van der Waals surface area contributed by atoms with Crippen molar-refractivity contribution in [1.29, 1.82) is 0 Å². The van der Waals surface area contributed by atoms with E-state index in [-0.39, 0.29) is 34.4 Å². The number of amides is 3. The van der Waals surface area contributed by atoms with Crippen molar-refractivity contribution in [2.45, 2.75) is 13.3 Å². The highest BCUT2D eigenvalue weighted by molar-refractivity contribution is 6.10. The van der Waals surface area contributed by atoms with Gasteiger partial charge in [-0.3, -0.25) is 29.3 Å². The minimum absolute atomic E-state index is 0.0319. The molecule has 0 aromatic heterocycles. The maximum Gasteiger partial charge on any atom is 0.343 e. The number of fused-ring (bicyclic) bond motifs is 5. The predicted molar refractivity (Wildman–Crippen MR) is 151 cm³/mol. The molecule has 0 N–H and O–H groups in total. The van der Waals surface area contributed by atoms with Crippen molar-refractivity contribution in [3.05, 3.63) is 117 Å². The van der Waals surface area contributed by atoms with Crippen molar-refractivity contribution < 1.29 is 33.6 Å². The summed E-state index contributed by atoms with van der Waals surface area (Å²) in [5.74, 6) is -4.31. The molecule has 0 spiro atoms. The van der Waals surface area contributed by atoms with Crippen LogP contribution in [0.2, 0.25) is 0 Å². The van der Waals surface area contributed by atoms with Crippen LogP contribution in [0, 0.1) is 40.7 Å². The van der Waals surface area contributed by atoms with E-state index in [1.165, 1.54) is 36.4 Å². The minimum atomic E-state index is -0.825. The van der Waals surface area contributed by atoms with Gasteiger partial charge in [-0.1, -0.05) is 29.8 Å². The smallest absolute Gasteiger partial charge is 0.343 e. The molecular formula is C32H25N3O8. The van der Waals surface area contributed by atoms with Crippen LogP contribution in [0.5, 0.6) is 5.75 Å². The Labute approximate surface area is 245 Å². The van der Waals surface area contributed by atoms with Crippen LogP contribution in [0.15, 0.2) is 84.9 Å². The van der Waals surface area contributed by atoms with Crippen molar-refractivity contribution in [3.8, 4) is 5.75 Å². The van der Waals surface area contributed by atoms with Crippen LogP contribution >= 0.6 is 0 Å². The molecule has 1 saturated carbocycles. The fourth-order valence-corrected chi connectivity index (χ4v) is 6.02. The number of rotatable bonds is 8. The number of aryl methyl sites for hydroxylation is 1. The number of esters is 1. The predicted octanol–water partition coefficient (Wildman–Crippen LogP) is 4.17. The molecule has 2 fully saturated rings. The first kappa shape index (κ1) is 27.7. The summed E-state index contributed by atoms with van der Waals surface area (Å²) in [5.41, 5.74) is 1.23.